The third-order valence-electron chi connectivity index (χ3n) is 2.90. The monoisotopic (exact) mass is 309 g/mol. The van der Waals surface area contributed by atoms with Gasteiger partial charge in [-0.1, -0.05) is 17.7 Å². The second kappa shape index (κ2) is 5.88. The van der Waals surface area contributed by atoms with Gasteiger partial charge in [0.25, 0.3) is 5.91 Å². The van der Waals surface area contributed by atoms with Crippen LogP contribution >= 0.6 is 11.6 Å². The van der Waals surface area contributed by atoms with Gasteiger partial charge in [0.1, 0.15) is 16.9 Å². The lowest BCUT2D eigenvalue weighted by Gasteiger charge is -2.13. The maximum Gasteiger partial charge on any atom is 0.300 e. The molecule has 0 fully saturated rings. The van der Waals surface area contributed by atoms with Crippen LogP contribution in [-0.2, 0) is 7.05 Å². The molecule has 0 bridgehead atoms. The molecule has 21 heavy (non-hydrogen) atoms. The van der Waals surface area contributed by atoms with Crippen LogP contribution in [0.5, 0.6) is 0 Å². The van der Waals surface area contributed by atoms with Gasteiger partial charge in [0, 0.05) is 7.05 Å². The smallest absolute Gasteiger partial charge is 0.300 e. The van der Waals surface area contributed by atoms with Gasteiger partial charge in [-0.25, -0.2) is 0 Å². The topological polar surface area (TPSA) is 103 Å². The second-order valence-corrected chi connectivity index (χ2v) is 4.80. The summed E-state index contributed by atoms with van der Waals surface area (Å²) in [6.45, 7) is 1.71. The van der Waals surface area contributed by atoms with E-state index in [1.54, 1.807) is 18.5 Å². The van der Waals surface area contributed by atoms with Crippen LogP contribution in [0.15, 0.2) is 24.5 Å². The molecule has 0 aliphatic heterocycles. The third kappa shape index (κ3) is 3.00. The zero-order chi connectivity index (χ0) is 15.6. The molecule has 0 saturated heterocycles. The summed E-state index contributed by atoms with van der Waals surface area (Å²) in [4.78, 5) is 22.6. The van der Waals surface area contributed by atoms with E-state index in [1.807, 2.05) is 0 Å². The number of nitrogens with zero attached hydrogens (tertiary/aromatic N) is 4. The molecule has 1 atom stereocenters. The Morgan fingerprint density at radius 3 is 2.81 bits per heavy atom. The first-order chi connectivity index (χ1) is 9.91. The molecule has 9 heteroatoms. The molecule has 2 aromatic rings. The van der Waals surface area contributed by atoms with E-state index in [9.17, 15) is 14.9 Å². The van der Waals surface area contributed by atoms with E-state index in [2.05, 4.69) is 15.5 Å². The number of benzene rings is 1. The van der Waals surface area contributed by atoms with Crippen molar-refractivity contribution in [2.75, 3.05) is 0 Å². The summed E-state index contributed by atoms with van der Waals surface area (Å²) in [7, 11) is 1.74. The van der Waals surface area contributed by atoms with Crippen molar-refractivity contribution in [3.8, 4) is 0 Å². The van der Waals surface area contributed by atoms with Crippen molar-refractivity contribution in [1.29, 1.82) is 0 Å². The number of rotatable bonds is 4. The molecule has 1 unspecified atom stereocenters. The van der Waals surface area contributed by atoms with E-state index in [0.29, 0.717) is 5.82 Å². The molecular formula is C12H12ClN5O3. The summed E-state index contributed by atoms with van der Waals surface area (Å²) in [5, 5.41) is 21.2. The van der Waals surface area contributed by atoms with Crippen molar-refractivity contribution in [2.45, 2.75) is 13.0 Å². The quantitative estimate of drug-likeness (QED) is 0.686. The van der Waals surface area contributed by atoms with Gasteiger partial charge in [0.15, 0.2) is 5.82 Å². The number of halogens is 1. The van der Waals surface area contributed by atoms with Gasteiger partial charge in [0.05, 0.1) is 11.0 Å². The van der Waals surface area contributed by atoms with Crippen molar-refractivity contribution in [2.24, 2.45) is 7.05 Å². The van der Waals surface area contributed by atoms with E-state index >= 15 is 0 Å². The normalized spacial score (nSPS) is 12.0. The number of hydrogen-bond donors (Lipinski definition) is 1. The van der Waals surface area contributed by atoms with E-state index in [4.69, 9.17) is 11.6 Å². The van der Waals surface area contributed by atoms with Gasteiger partial charge in [-0.05, 0) is 19.1 Å². The number of nitro benzene ring substituents is 1. The first-order valence-corrected chi connectivity index (χ1v) is 6.37. The summed E-state index contributed by atoms with van der Waals surface area (Å²) in [5.74, 6) is -0.0623. The molecule has 0 aliphatic carbocycles. The summed E-state index contributed by atoms with van der Waals surface area (Å²) < 4.78 is 1.65. The highest BCUT2D eigenvalue weighted by molar-refractivity contribution is 6.33. The Bertz CT molecular complexity index is 700. The van der Waals surface area contributed by atoms with Crippen LogP contribution in [0.3, 0.4) is 0 Å². The fraction of sp³-hybridized carbons (Fsp3) is 0.250. The highest BCUT2D eigenvalue weighted by Crippen LogP contribution is 2.28. The third-order valence-corrected chi connectivity index (χ3v) is 3.20. The molecule has 2 rings (SSSR count). The Hall–Kier alpha value is -2.48. The maximum atomic E-state index is 12.2. The molecule has 1 aromatic carbocycles. The van der Waals surface area contributed by atoms with Crippen LogP contribution in [0, 0.1) is 10.1 Å². The average molecular weight is 310 g/mol. The van der Waals surface area contributed by atoms with Crippen molar-refractivity contribution in [3.63, 3.8) is 0 Å². The summed E-state index contributed by atoms with van der Waals surface area (Å²) in [6, 6.07) is 3.74. The minimum absolute atomic E-state index is 0.0843. The number of carbonyl (C=O) groups is 1. The maximum absolute atomic E-state index is 12.2. The first-order valence-electron chi connectivity index (χ1n) is 5.99. The number of hydrogen-bond acceptors (Lipinski definition) is 5. The number of nitrogens with one attached hydrogen (secondary N) is 1. The minimum atomic E-state index is -0.676. The number of carbonyl (C=O) groups excluding carboxylic acids is 1. The minimum Gasteiger partial charge on any atom is -0.342 e. The molecule has 0 spiro atoms. The molecule has 0 aliphatic rings. The molecule has 0 radical (unpaired) electrons. The highest BCUT2D eigenvalue weighted by Gasteiger charge is 2.25. The molecule has 1 N–H and O–H groups in total. The van der Waals surface area contributed by atoms with Crippen LogP contribution in [0.2, 0.25) is 5.02 Å². The fourth-order valence-electron chi connectivity index (χ4n) is 1.91. The lowest BCUT2D eigenvalue weighted by Crippen LogP contribution is -2.29. The number of nitro groups is 1. The molecular weight excluding hydrogens is 298 g/mol. The average Bonchev–Trinajstić information content (AvgIpc) is 2.84. The van der Waals surface area contributed by atoms with Gasteiger partial charge in [-0.2, -0.15) is 0 Å². The highest BCUT2D eigenvalue weighted by atomic mass is 35.5. The largest absolute Gasteiger partial charge is 0.342 e. The number of para-hydroxylation sites is 1. The van der Waals surface area contributed by atoms with Crippen LogP contribution in [0.4, 0.5) is 5.69 Å². The van der Waals surface area contributed by atoms with Crippen LogP contribution in [0.25, 0.3) is 0 Å². The number of aryl methyl sites for hydroxylation is 1. The number of aromatic nitrogens is 3. The van der Waals surface area contributed by atoms with Crippen LogP contribution in [-0.4, -0.2) is 25.6 Å². The van der Waals surface area contributed by atoms with Crippen molar-refractivity contribution < 1.29 is 9.72 Å². The molecule has 1 amide bonds. The van der Waals surface area contributed by atoms with Crippen molar-refractivity contribution >= 4 is 23.2 Å². The molecule has 0 saturated carbocycles. The Morgan fingerprint density at radius 1 is 1.52 bits per heavy atom. The predicted molar refractivity (Wildman–Crippen MR) is 75.0 cm³/mol. The van der Waals surface area contributed by atoms with E-state index in [1.165, 1.54) is 24.5 Å². The van der Waals surface area contributed by atoms with E-state index in [-0.39, 0.29) is 10.6 Å². The molecule has 110 valence electrons. The van der Waals surface area contributed by atoms with Crippen molar-refractivity contribution in [3.05, 3.63) is 51.1 Å². The second-order valence-electron chi connectivity index (χ2n) is 4.39. The zero-order valence-corrected chi connectivity index (χ0v) is 12.0. The summed E-state index contributed by atoms with van der Waals surface area (Å²) in [5.41, 5.74) is -0.511. The van der Waals surface area contributed by atoms with E-state index < -0.39 is 22.6 Å². The zero-order valence-electron chi connectivity index (χ0n) is 11.3. The molecule has 1 heterocycles. The van der Waals surface area contributed by atoms with Crippen molar-refractivity contribution in [1.82, 2.24) is 20.1 Å². The lowest BCUT2D eigenvalue weighted by molar-refractivity contribution is -0.385. The summed E-state index contributed by atoms with van der Waals surface area (Å²) >= 11 is 5.78. The molecule has 1 aromatic heterocycles. The lowest BCUT2D eigenvalue weighted by atomic mass is 10.1. The molecule has 8 nitrogen and oxygen atoms in total. The van der Waals surface area contributed by atoms with E-state index in [0.717, 1.165) is 0 Å². The standard InChI is InChI=1S/C12H12ClN5O3/c1-7(11-16-14-6-17(11)2)15-12(19)8-4-3-5-9(13)10(8)18(20)21/h3-7H,1-2H3,(H,15,19). The van der Waals surface area contributed by atoms with Gasteiger partial charge in [0.2, 0.25) is 0 Å². The first kappa shape index (κ1) is 14.9. The predicted octanol–water partition coefficient (Wildman–Crippen LogP) is 1.87. The fourth-order valence-corrected chi connectivity index (χ4v) is 2.15. The van der Waals surface area contributed by atoms with Gasteiger partial charge in [-0.15, -0.1) is 10.2 Å². The summed E-state index contributed by atoms with van der Waals surface area (Å²) in [6.07, 6.45) is 1.50. The Morgan fingerprint density at radius 2 is 2.24 bits per heavy atom. The van der Waals surface area contributed by atoms with Gasteiger partial charge in [-0.3, -0.25) is 14.9 Å². The van der Waals surface area contributed by atoms with Gasteiger partial charge >= 0.3 is 5.69 Å². The SMILES string of the molecule is CC(NC(=O)c1cccc(Cl)c1[N+](=O)[O-])c1nncn1C. The Balaban J connectivity index is 2.28. The Labute approximate surface area is 124 Å². The van der Waals surface area contributed by atoms with Crippen LogP contribution in [0.1, 0.15) is 29.1 Å². The number of amides is 1. The Kier molecular flexibility index (Phi) is 4.18. The van der Waals surface area contributed by atoms with Crippen LogP contribution < -0.4 is 5.32 Å². The van der Waals surface area contributed by atoms with Gasteiger partial charge < -0.3 is 9.88 Å².